The van der Waals surface area contributed by atoms with Gasteiger partial charge in [-0.2, -0.15) is 48.3 Å². The van der Waals surface area contributed by atoms with Crippen LogP contribution in [0.3, 0.4) is 0 Å². The van der Waals surface area contributed by atoms with Crippen LogP contribution in [0, 0.1) is 0 Å². The minimum absolute atomic E-state index is 2.30. The largest absolute Gasteiger partial charge is 0.460 e. The van der Waals surface area contributed by atoms with Crippen LogP contribution in [0.25, 0.3) is 0 Å². The van der Waals surface area contributed by atoms with Gasteiger partial charge < -0.3 is 0 Å². The molecule has 0 aliphatic heterocycles. The molecule has 0 N–H and O–H groups in total. The predicted octanol–water partition coefficient (Wildman–Crippen LogP) is 5.23. The third-order valence-corrected chi connectivity index (χ3v) is 3.04. The maximum absolute atomic E-state index is 12.9. The molecular weight excluding hydrogens is 383 g/mol. The van der Waals surface area contributed by atoms with Gasteiger partial charge >= 0.3 is 29.9 Å². The highest BCUT2D eigenvalue weighted by molar-refractivity contribution is 6.30. The Hall–Kier alpha value is -0.260. The van der Waals surface area contributed by atoms with E-state index < -0.39 is 40.9 Å². The lowest BCUT2D eigenvalue weighted by Gasteiger charge is -2.39. The molecular formula is C7H2Cl2F12. The van der Waals surface area contributed by atoms with Crippen molar-refractivity contribution in [3.05, 3.63) is 0 Å². The van der Waals surface area contributed by atoms with Gasteiger partial charge in [-0.25, -0.2) is 4.39 Å². The van der Waals surface area contributed by atoms with Crippen LogP contribution in [0.2, 0.25) is 0 Å². The van der Waals surface area contributed by atoms with Crippen molar-refractivity contribution in [3.63, 3.8) is 0 Å². The molecule has 0 fully saturated rings. The molecule has 0 aromatic rings. The third kappa shape index (κ3) is 2.73. The van der Waals surface area contributed by atoms with Gasteiger partial charge in [-0.05, 0) is 0 Å². The summed E-state index contributed by atoms with van der Waals surface area (Å²) in [6, 6.07) is 0. The molecule has 0 aromatic carbocycles. The van der Waals surface area contributed by atoms with E-state index in [4.69, 9.17) is 0 Å². The summed E-state index contributed by atoms with van der Waals surface area (Å²) in [5, 5.41) is -5.21. The Labute approximate surface area is 118 Å². The quantitative estimate of drug-likeness (QED) is 0.449. The van der Waals surface area contributed by atoms with Gasteiger partial charge in [-0.15, -0.1) is 11.6 Å². The molecule has 0 aliphatic rings. The number of alkyl halides is 14. The highest BCUT2D eigenvalue weighted by atomic mass is 35.5. The van der Waals surface area contributed by atoms with Crippen LogP contribution < -0.4 is 0 Å². The van der Waals surface area contributed by atoms with Gasteiger partial charge in [0, 0.05) is 0 Å². The number of halogens is 14. The van der Waals surface area contributed by atoms with Crippen molar-refractivity contribution in [2.75, 3.05) is 5.88 Å². The van der Waals surface area contributed by atoms with Crippen molar-refractivity contribution in [1.29, 1.82) is 0 Å². The first-order chi connectivity index (χ1) is 8.81. The molecule has 1 atom stereocenters. The molecule has 1 unspecified atom stereocenters. The fraction of sp³-hybridized carbons (Fsp3) is 1.00. The van der Waals surface area contributed by atoms with Crippen LogP contribution in [0.4, 0.5) is 52.7 Å². The van der Waals surface area contributed by atoms with Crippen molar-refractivity contribution in [1.82, 2.24) is 0 Å². The molecule has 0 radical (unpaired) electrons. The molecule has 0 rings (SSSR count). The summed E-state index contributed by atoms with van der Waals surface area (Å²) in [6.07, 6.45) is -7.32. The Morgan fingerprint density at radius 1 is 0.524 bits per heavy atom. The maximum atomic E-state index is 12.9. The topological polar surface area (TPSA) is 0 Å². The number of hydrogen-bond donors (Lipinski definition) is 0. The highest BCUT2D eigenvalue weighted by Gasteiger charge is 2.90. The van der Waals surface area contributed by atoms with E-state index in [0.29, 0.717) is 0 Å². The molecule has 0 nitrogen and oxygen atoms in total. The molecule has 0 bridgehead atoms. The van der Waals surface area contributed by atoms with Gasteiger partial charge in [-0.3, -0.25) is 0 Å². The van der Waals surface area contributed by atoms with Gasteiger partial charge in [0.25, 0.3) is 5.13 Å². The van der Waals surface area contributed by atoms with E-state index >= 15 is 0 Å². The number of rotatable bonds is 5. The van der Waals surface area contributed by atoms with E-state index in [2.05, 4.69) is 23.2 Å². The van der Waals surface area contributed by atoms with Crippen molar-refractivity contribution in [2.45, 2.75) is 35.0 Å². The molecule has 14 heteroatoms. The van der Waals surface area contributed by atoms with E-state index in [9.17, 15) is 52.7 Å². The van der Waals surface area contributed by atoms with Crippen LogP contribution >= 0.6 is 23.2 Å². The van der Waals surface area contributed by atoms with Crippen molar-refractivity contribution in [2.24, 2.45) is 0 Å². The molecule has 21 heavy (non-hydrogen) atoms. The second-order valence-electron chi connectivity index (χ2n) is 3.63. The molecule has 0 heterocycles. The summed E-state index contributed by atoms with van der Waals surface area (Å²) in [5.74, 6) is -32.0. The first-order valence-electron chi connectivity index (χ1n) is 4.33. The summed E-state index contributed by atoms with van der Waals surface area (Å²) in [7, 11) is 0. The lowest BCUT2D eigenvalue weighted by molar-refractivity contribution is -0.428. The Morgan fingerprint density at radius 3 is 1.05 bits per heavy atom. The van der Waals surface area contributed by atoms with Gasteiger partial charge in [0.2, 0.25) is 0 Å². The molecule has 128 valence electrons. The van der Waals surface area contributed by atoms with Crippen LogP contribution in [0.1, 0.15) is 0 Å². The molecule has 0 aliphatic carbocycles. The molecule has 0 spiro atoms. The second kappa shape index (κ2) is 5.14. The Bertz CT molecular complexity index is 384. The summed E-state index contributed by atoms with van der Waals surface area (Å²) < 4.78 is 149. The Morgan fingerprint density at radius 2 is 0.810 bits per heavy atom. The van der Waals surface area contributed by atoms with Crippen LogP contribution in [0.15, 0.2) is 0 Å². The van der Waals surface area contributed by atoms with Crippen LogP contribution in [-0.4, -0.2) is 40.9 Å². The van der Waals surface area contributed by atoms with E-state index in [-0.39, 0.29) is 0 Å². The average molecular weight is 385 g/mol. The summed E-state index contributed by atoms with van der Waals surface area (Å²) >= 11 is 8.44. The summed E-state index contributed by atoms with van der Waals surface area (Å²) in [4.78, 5) is 0. The fourth-order valence-corrected chi connectivity index (χ4v) is 1.17. The molecule has 0 amide bonds. The summed E-state index contributed by atoms with van der Waals surface area (Å²) in [5.41, 5.74) is 0. The van der Waals surface area contributed by atoms with E-state index in [1.807, 2.05) is 0 Å². The Balaban J connectivity index is 6.14. The summed E-state index contributed by atoms with van der Waals surface area (Å²) in [6.45, 7) is 0. The van der Waals surface area contributed by atoms with Gasteiger partial charge in [0.05, 0.1) is 5.88 Å². The lowest BCUT2D eigenvalue weighted by Crippen LogP contribution is -2.70. The molecule has 0 aromatic heterocycles. The first kappa shape index (κ1) is 20.7. The van der Waals surface area contributed by atoms with Crippen molar-refractivity contribution in [3.8, 4) is 0 Å². The zero-order valence-corrected chi connectivity index (χ0v) is 10.5. The smallest absolute Gasteiger partial charge is 0.218 e. The minimum Gasteiger partial charge on any atom is -0.218 e. The Kier molecular flexibility index (Phi) is 5.07. The monoisotopic (exact) mass is 384 g/mol. The van der Waals surface area contributed by atoms with Crippen LogP contribution in [-0.2, 0) is 0 Å². The van der Waals surface area contributed by atoms with Gasteiger partial charge in [-0.1, -0.05) is 11.6 Å². The van der Waals surface area contributed by atoms with E-state index in [1.54, 1.807) is 0 Å². The standard InChI is InChI=1S/C7H2Cl2F12/c8-1-2(9,10)3(11,12)4(13,14)5(15,16)6(17,18)7(19,20)21/h1H2. The van der Waals surface area contributed by atoms with Gasteiger partial charge in [0.15, 0.2) is 0 Å². The normalized spacial score (nSPS) is 18.6. The number of hydrogen-bond acceptors (Lipinski definition) is 0. The van der Waals surface area contributed by atoms with E-state index in [1.165, 1.54) is 0 Å². The van der Waals surface area contributed by atoms with Crippen molar-refractivity contribution >= 4 is 23.2 Å². The minimum atomic E-state index is -7.71. The zero-order chi connectivity index (χ0) is 17.7. The lowest BCUT2D eigenvalue weighted by atomic mass is 9.95. The maximum Gasteiger partial charge on any atom is 0.460 e. The SMILES string of the molecule is FC(F)(F)C(F)(F)C(F)(F)C(F)(F)C(F)(F)C(F)(Cl)CCl. The average Bonchev–Trinajstić information content (AvgIpc) is 2.26. The predicted molar refractivity (Wildman–Crippen MR) is 46.3 cm³/mol. The molecule has 0 saturated heterocycles. The third-order valence-electron chi connectivity index (χ3n) is 2.17. The zero-order valence-electron chi connectivity index (χ0n) is 9.00. The van der Waals surface area contributed by atoms with Gasteiger partial charge in [0.1, 0.15) is 0 Å². The second-order valence-corrected chi connectivity index (χ2v) is 4.50. The van der Waals surface area contributed by atoms with Crippen LogP contribution in [0.5, 0.6) is 0 Å². The highest BCUT2D eigenvalue weighted by Crippen LogP contribution is 2.60. The first-order valence-corrected chi connectivity index (χ1v) is 5.24. The molecule has 0 saturated carbocycles. The van der Waals surface area contributed by atoms with Crippen molar-refractivity contribution < 1.29 is 52.7 Å². The van der Waals surface area contributed by atoms with E-state index in [0.717, 1.165) is 0 Å². The fourth-order valence-electron chi connectivity index (χ4n) is 0.886.